The van der Waals surface area contributed by atoms with E-state index in [1.165, 1.54) is 12.1 Å². The van der Waals surface area contributed by atoms with E-state index in [0.717, 1.165) is 11.1 Å². The fraction of sp³-hybridized carbons (Fsp3) is 0. The summed E-state index contributed by atoms with van der Waals surface area (Å²) in [5.41, 5.74) is 9.43. The Hall–Kier alpha value is -3.27. The second-order valence-corrected chi connectivity index (χ2v) is 5.17. The number of aromatic hydroxyl groups is 1. The third kappa shape index (κ3) is 3.32. The Kier molecular flexibility index (Phi) is 3.97. The molecular formula is C19H16N2O2. The van der Waals surface area contributed by atoms with Crippen molar-refractivity contribution < 1.29 is 9.90 Å². The molecule has 0 saturated heterocycles. The Morgan fingerprint density at radius 3 is 2.30 bits per heavy atom. The molecule has 23 heavy (non-hydrogen) atoms. The predicted octanol–water partition coefficient (Wildman–Crippen LogP) is 3.89. The molecule has 0 bridgehead atoms. The largest absolute Gasteiger partial charge is 0.508 e. The summed E-state index contributed by atoms with van der Waals surface area (Å²) >= 11 is 0. The number of hydrogen-bond donors (Lipinski definition) is 3. The summed E-state index contributed by atoms with van der Waals surface area (Å²) in [5, 5.41) is 12.2. The van der Waals surface area contributed by atoms with Crippen LogP contribution >= 0.6 is 0 Å². The van der Waals surface area contributed by atoms with Gasteiger partial charge in [-0.3, -0.25) is 4.79 Å². The fourth-order valence-electron chi connectivity index (χ4n) is 2.34. The van der Waals surface area contributed by atoms with Crippen LogP contribution in [0.25, 0.3) is 11.1 Å². The van der Waals surface area contributed by atoms with E-state index in [1.54, 1.807) is 24.3 Å². The van der Waals surface area contributed by atoms with Gasteiger partial charge < -0.3 is 16.2 Å². The number of carbonyl (C=O) groups excluding carboxylic acids is 1. The van der Waals surface area contributed by atoms with E-state index in [2.05, 4.69) is 5.32 Å². The minimum Gasteiger partial charge on any atom is -0.508 e. The molecule has 3 aromatic rings. The zero-order valence-corrected chi connectivity index (χ0v) is 12.4. The van der Waals surface area contributed by atoms with Crippen molar-refractivity contribution in [3.63, 3.8) is 0 Å². The van der Waals surface area contributed by atoms with Crippen molar-refractivity contribution in [3.05, 3.63) is 78.4 Å². The topological polar surface area (TPSA) is 75.3 Å². The van der Waals surface area contributed by atoms with Gasteiger partial charge in [0.15, 0.2) is 0 Å². The van der Waals surface area contributed by atoms with Gasteiger partial charge in [-0.1, -0.05) is 36.4 Å². The van der Waals surface area contributed by atoms with Crippen LogP contribution < -0.4 is 11.1 Å². The predicted molar refractivity (Wildman–Crippen MR) is 92.4 cm³/mol. The maximum atomic E-state index is 12.4. The van der Waals surface area contributed by atoms with Gasteiger partial charge in [-0.25, -0.2) is 0 Å². The van der Waals surface area contributed by atoms with Crippen LogP contribution in [-0.4, -0.2) is 11.0 Å². The number of anilines is 2. The Morgan fingerprint density at radius 1 is 0.913 bits per heavy atom. The van der Waals surface area contributed by atoms with Crippen LogP contribution in [0.1, 0.15) is 10.4 Å². The molecule has 114 valence electrons. The summed E-state index contributed by atoms with van der Waals surface area (Å²) in [4.78, 5) is 12.4. The van der Waals surface area contributed by atoms with Gasteiger partial charge in [-0.05, 0) is 42.0 Å². The first-order valence-corrected chi connectivity index (χ1v) is 7.19. The first-order chi connectivity index (χ1) is 11.1. The maximum Gasteiger partial charge on any atom is 0.255 e. The lowest BCUT2D eigenvalue weighted by atomic mass is 10.0. The van der Waals surface area contributed by atoms with Crippen molar-refractivity contribution in [1.82, 2.24) is 0 Å². The van der Waals surface area contributed by atoms with Crippen molar-refractivity contribution in [1.29, 1.82) is 0 Å². The minimum absolute atomic E-state index is 0.121. The SMILES string of the molecule is Nc1ccc(-c2ccccc2)c(NC(=O)c2ccc(O)cc2)c1. The van der Waals surface area contributed by atoms with Crippen molar-refractivity contribution in [2.45, 2.75) is 0 Å². The van der Waals surface area contributed by atoms with Crippen molar-refractivity contribution in [2.24, 2.45) is 0 Å². The van der Waals surface area contributed by atoms with E-state index in [9.17, 15) is 9.90 Å². The molecule has 0 fully saturated rings. The summed E-state index contributed by atoms with van der Waals surface area (Å²) in [6.45, 7) is 0. The van der Waals surface area contributed by atoms with Gasteiger partial charge in [0, 0.05) is 16.8 Å². The average Bonchev–Trinajstić information content (AvgIpc) is 2.56. The number of amides is 1. The molecule has 4 nitrogen and oxygen atoms in total. The Bertz CT molecular complexity index is 828. The lowest BCUT2D eigenvalue weighted by Crippen LogP contribution is -2.12. The molecule has 0 aliphatic carbocycles. The van der Waals surface area contributed by atoms with Crippen LogP contribution in [0.5, 0.6) is 5.75 Å². The quantitative estimate of drug-likeness (QED) is 0.642. The van der Waals surface area contributed by atoms with Gasteiger partial charge in [0.1, 0.15) is 5.75 Å². The number of rotatable bonds is 3. The standard InChI is InChI=1S/C19H16N2O2/c20-15-8-11-17(13-4-2-1-3-5-13)18(12-15)21-19(23)14-6-9-16(22)10-7-14/h1-12,22H,20H2,(H,21,23). The van der Waals surface area contributed by atoms with Crippen molar-refractivity contribution in [2.75, 3.05) is 11.1 Å². The summed E-state index contributed by atoms with van der Waals surface area (Å²) in [5.74, 6) is -0.136. The first-order valence-electron chi connectivity index (χ1n) is 7.19. The van der Waals surface area contributed by atoms with E-state index in [1.807, 2.05) is 36.4 Å². The molecule has 0 spiro atoms. The maximum absolute atomic E-state index is 12.4. The van der Waals surface area contributed by atoms with Gasteiger partial charge in [0.2, 0.25) is 0 Å². The third-order valence-corrected chi connectivity index (χ3v) is 3.51. The Morgan fingerprint density at radius 2 is 1.61 bits per heavy atom. The highest BCUT2D eigenvalue weighted by molar-refractivity contribution is 6.06. The number of nitrogens with two attached hydrogens (primary N) is 1. The van der Waals surface area contributed by atoms with Crippen molar-refractivity contribution in [3.8, 4) is 16.9 Å². The number of phenols is 1. The number of nitrogen functional groups attached to an aromatic ring is 1. The molecule has 0 unspecified atom stereocenters. The van der Waals surface area contributed by atoms with Crippen LogP contribution in [0.2, 0.25) is 0 Å². The van der Waals surface area contributed by atoms with Crippen LogP contribution in [-0.2, 0) is 0 Å². The molecule has 0 saturated carbocycles. The molecule has 0 atom stereocenters. The molecule has 0 aromatic heterocycles. The summed E-state index contributed by atoms with van der Waals surface area (Å²) < 4.78 is 0. The van der Waals surface area contributed by atoms with E-state index < -0.39 is 0 Å². The summed E-state index contributed by atoms with van der Waals surface area (Å²) in [6, 6.07) is 21.3. The summed E-state index contributed by atoms with van der Waals surface area (Å²) in [7, 11) is 0. The van der Waals surface area contributed by atoms with Gasteiger partial charge in [0.25, 0.3) is 5.91 Å². The molecule has 4 N–H and O–H groups in total. The number of hydrogen-bond acceptors (Lipinski definition) is 3. The molecule has 0 heterocycles. The van der Waals surface area contributed by atoms with Crippen LogP contribution in [0.15, 0.2) is 72.8 Å². The highest BCUT2D eigenvalue weighted by Crippen LogP contribution is 2.30. The van der Waals surface area contributed by atoms with Gasteiger partial charge in [-0.15, -0.1) is 0 Å². The minimum atomic E-state index is -0.257. The van der Waals surface area contributed by atoms with Gasteiger partial charge in [-0.2, -0.15) is 0 Å². The van der Waals surface area contributed by atoms with Crippen molar-refractivity contribution >= 4 is 17.3 Å². The van der Waals surface area contributed by atoms with E-state index in [-0.39, 0.29) is 11.7 Å². The fourth-order valence-corrected chi connectivity index (χ4v) is 2.34. The van der Waals surface area contributed by atoms with Crippen LogP contribution in [0, 0.1) is 0 Å². The van der Waals surface area contributed by atoms with E-state index >= 15 is 0 Å². The number of nitrogens with one attached hydrogen (secondary N) is 1. The molecular weight excluding hydrogens is 288 g/mol. The summed E-state index contributed by atoms with van der Waals surface area (Å²) in [6.07, 6.45) is 0. The molecule has 0 aliphatic rings. The number of carbonyl (C=O) groups is 1. The lowest BCUT2D eigenvalue weighted by Gasteiger charge is -2.12. The zero-order valence-electron chi connectivity index (χ0n) is 12.4. The average molecular weight is 304 g/mol. The van der Waals surface area contributed by atoms with Gasteiger partial charge >= 0.3 is 0 Å². The molecule has 0 radical (unpaired) electrons. The highest BCUT2D eigenvalue weighted by atomic mass is 16.3. The Balaban J connectivity index is 1.94. The number of phenolic OH excluding ortho intramolecular Hbond substituents is 1. The first kappa shape index (κ1) is 14.7. The molecule has 3 rings (SSSR count). The number of benzene rings is 3. The second-order valence-electron chi connectivity index (χ2n) is 5.17. The van der Waals surface area contributed by atoms with E-state index in [0.29, 0.717) is 16.9 Å². The molecule has 0 aliphatic heterocycles. The molecule has 4 heteroatoms. The van der Waals surface area contributed by atoms with Crippen LogP contribution in [0.3, 0.4) is 0 Å². The third-order valence-electron chi connectivity index (χ3n) is 3.51. The van der Waals surface area contributed by atoms with E-state index in [4.69, 9.17) is 5.73 Å². The zero-order chi connectivity index (χ0) is 16.2. The smallest absolute Gasteiger partial charge is 0.255 e. The van der Waals surface area contributed by atoms with Crippen LogP contribution in [0.4, 0.5) is 11.4 Å². The van der Waals surface area contributed by atoms with Gasteiger partial charge in [0.05, 0.1) is 5.69 Å². The second kappa shape index (κ2) is 6.23. The normalized spacial score (nSPS) is 10.3. The molecule has 1 amide bonds. The molecule has 3 aromatic carbocycles. The lowest BCUT2D eigenvalue weighted by molar-refractivity contribution is 0.102. The monoisotopic (exact) mass is 304 g/mol. The Labute approximate surface area is 134 Å². The highest BCUT2D eigenvalue weighted by Gasteiger charge is 2.11.